The second-order valence-corrected chi connectivity index (χ2v) is 5.97. The van der Waals surface area contributed by atoms with E-state index in [-0.39, 0.29) is 11.9 Å². The van der Waals surface area contributed by atoms with Crippen LogP contribution in [0.1, 0.15) is 35.4 Å². The van der Waals surface area contributed by atoms with Crippen LogP contribution in [-0.2, 0) is 4.79 Å². The van der Waals surface area contributed by atoms with Gasteiger partial charge in [-0.3, -0.25) is 4.79 Å². The van der Waals surface area contributed by atoms with Gasteiger partial charge in [0.25, 0.3) is 0 Å². The fraction of sp³-hybridized carbons (Fsp3) is 0.250. The maximum atomic E-state index is 11.8. The highest BCUT2D eigenvalue weighted by Crippen LogP contribution is 2.33. The second kappa shape index (κ2) is 5.21. The summed E-state index contributed by atoms with van der Waals surface area (Å²) in [7, 11) is 0. The van der Waals surface area contributed by atoms with Gasteiger partial charge in [0.2, 0.25) is 5.91 Å². The van der Waals surface area contributed by atoms with Crippen LogP contribution in [0.15, 0.2) is 46.9 Å². The highest BCUT2D eigenvalue weighted by molar-refractivity contribution is 7.12. The molecule has 0 unspecified atom stereocenters. The van der Waals surface area contributed by atoms with E-state index < -0.39 is 0 Å². The van der Waals surface area contributed by atoms with Gasteiger partial charge in [-0.25, -0.2) is 5.01 Å². The monoisotopic (exact) mass is 284 g/mol. The Labute approximate surface area is 122 Å². The Morgan fingerprint density at radius 1 is 1.30 bits per heavy atom. The molecule has 2 heterocycles. The van der Waals surface area contributed by atoms with E-state index in [9.17, 15) is 4.79 Å². The van der Waals surface area contributed by atoms with Gasteiger partial charge in [0.1, 0.15) is 0 Å². The van der Waals surface area contributed by atoms with Crippen molar-refractivity contribution in [2.75, 3.05) is 0 Å². The number of rotatable bonds is 2. The molecule has 20 heavy (non-hydrogen) atoms. The summed E-state index contributed by atoms with van der Waals surface area (Å²) in [4.78, 5) is 13.0. The van der Waals surface area contributed by atoms with E-state index in [0.29, 0.717) is 0 Å². The van der Waals surface area contributed by atoms with Crippen molar-refractivity contribution in [2.45, 2.75) is 26.3 Å². The molecule has 1 aromatic heterocycles. The van der Waals surface area contributed by atoms with E-state index in [1.54, 1.807) is 23.3 Å². The van der Waals surface area contributed by atoms with Crippen molar-refractivity contribution < 1.29 is 4.79 Å². The van der Waals surface area contributed by atoms with Crippen molar-refractivity contribution in [3.63, 3.8) is 0 Å². The van der Waals surface area contributed by atoms with E-state index in [0.717, 1.165) is 22.6 Å². The number of hydrogen-bond acceptors (Lipinski definition) is 3. The van der Waals surface area contributed by atoms with E-state index in [1.165, 1.54) is 5.56 Å². The number of thiophene rings is 1. The van der Waals surface area contributed by atoms with Crippen molar-refractivity contribution in [1.29, 1.82) is 0 Å². The summed E-state index contributed by atoms with van der Waals surface area (Å²) >= 11 is 1.66. The molecule has 0 bridgehead atoms. The van der Waals surface area contributed by atoms with E-state index in [2.05, 4.69) is 42.4 Å². The smallest absolute Gasteiger partial charge is 0.240 e. The van der Waals surface area contributed by atoms with Gasteiger partial charge in [0.05, 0.1) is 16.6 Å². The third-order valence-electron chi connectivity index (χ3n) is 3.50. The summed E-state index contributed by atoms with van der Waals surface area (Å²) in [6.07, 6.45) is 0.781. The fourth-order valence-electron chi connectivity index (χ4n) is 2.44. The van der Waals surface area contributed by atoms with Gasteiger partial charge >= 0.3 is 0 Å². The minimum absolute atomic E-state index is 0.0119. The van der Waals surface area contributed by atoms with Crippen LogP contribution in [0.3, 0.4) is 0 Å². The lowest BCUT2D eigenvalue weighted by Crippen LogP contribution is -2.24. The summed E-state index contributed by atoms with van der Waals surface area (Å²) in [6.45, 7) is 3.64. The third kappa shape index (κ3) is 2.39. The largest absolute Gasteiger partial charge is 0.273 e. The van der Waals surface area contributed by atoms with Crippen LogP contribution in [0.2, 0.25) is 0 Å². The molecular weight excluding hydrogens is 268 g/mol. The molecule has 1 aliphatic rings. The molecule has 0 N–H and O–H groups in total. The fourth-order valence-corrected chi connectivity index (χ4v) is 3.16. The topological polar surface area (TPSA) is 32.7 Å². The molecular formula is C16H16N2OS. The van der Waals surface area contributed by atoms with Crippen LogP contribution < -0.4 is 0 Å². The molecule has 0 saturated carbocycles. The number of benzene rings is 1. The first-order chi connectivity index (χ1) is 9.65. The molecule has 3 rings (SSSR count). The number of carbonyl (C=O) groups excluding carboxylic acids is 1. The molecule has 3 nitrogen and oxygen atoms in total. The lowest BCUT2D eigenvalue weighted by molar-refractivity contribution is -0.130. The number of hydrogen-bond donors (Lipinski definition) is 0. The van der Waals surface area contributed by atoms with Crippen LogP contribution in [0.5, 0.6) is 0 Å². The van der Waals surface area contributed by atoms with Gasteiger partial charge in [-0.05, 0) is 23.9 Å². The zero-order chi connectivity index (χ0) is 14.1. The zero-order valence-corrected chi connectivity index (χ0v) is 12.4. The highest BCUT2D eigenvalue weighted by Gasteiger charge is 2.31. The standard InChI is InChI=1S/C16H16N2OS/c1-11-5-7-13(8-6-11)15-10-14(16-4-3-9-20-16)17-18(15)12(2)19/h3-9,15H,10H2,1-2H3/t15-/m0/s1. The maximum Gasteiger partial charge on any atom is 0.240 e. The van der Waals surface area contributed by atoms with Gasteiger partial charge in [0, 0.05) is 13.3 Å². The Morgan fingerprint density at radius 3 is 2.65 bits per heavy atom. The molecule has 1 atom stereocenters. The van der Waals surface area contributed by atoms with Gasteiger partial charge in [-0.1, -0.05) is 35.9 Å². The molecule has 0 saturated heterocycles. The lowest BCUT2D eigenvalue weighted by atomic mass is 10.00. The molecule has 0 radical (unpaired) electrons. The molecule has 0 fully saturated rings. The van der Waals surface area contributed by atoms with Crippen LogP contribution in [0.25, 0.3) is 0 Å². The Morgan fingerprint density at radius 2 is 2.05 bits per heavy atom. The van der Waals surface area contributed by atoms with E-state index >= 15 is 0 Å². The van der Waals surface area contributed by atoms with Gasteiger partial charge in [-0.15, -0.1) is 11.3 Å². The van der Waals surface area contributed by atoms with Crippen molar-refractivity contribution in [3.05, 3.63) is 57.8 Å². The molecule has 1 aliphatic heterocycles. The van der Waals surface area contributed by atoms with Gasteiger partial charge < -0.3 is 0 Å². The molecule has 1 aromatic carbocycles. The molecule has 102 valence electrons. The first-order valence-corrected chi connectivity index (χ1v) is 7.51. The van der Waals surface area contributed by atoms with Crippen molar-refractivity contribution in [2.24, 2.45) is 5.10 Å². The summed E-state index contributed by atoms with van der Waals surface area (Å²) in [5, 5.41) is 8.17. The summed E-state index contributed by atoms with van der Waals surface area (Å²) < 4.78 is 0. The minimum Gasteiger partial charge on any atom is -0.273 e. The SMILES string of the molecule is CC(=O)N1N=C(c2cccs2)C[C@H]1c1ccc(C)cc1. The van der Waals surface area contributed by atoms with Crippen molar-refractivity contribution >= 4 is 23.0 Å². The zero-order valence-electron chi connectivity index (χ0n) is 11.5. The normalized spacial score (nSPS) is 18.2. The Balaban J connectivity index is 1.93. The summed E-state index contributed by atoms with van der Waals surface area (Å²) in [5.74, 6) is -0.0119. The Bertz CT molecular complexity index is 644. The van der Waals surface area contributed by atoms with Crippen LogP contribution in [-0.4, -0.2) is 16.6 Å². The van der Waals surface area contributed by atoms with E-state index in [4.69, 9.17) is 0 Å². The van der Waals surface area contributed by atoms with Gasteiger partial charge in [0.15, 0.2) is 0 Å². The van der Waals surface area contributed by atoms with Crippen molar-refractivity contribution in [1.82, 2.24) is 5.01 Å². The molecule has 2 aromatic rings. The third-order valence-corrected chi connectivity index (χ3v) is 4.42. The maximum absolute atomic E-state index is 11.8. The average molecular weight is 284 g/mol. The average Bonchev–Trinajstić information content (AvgIpc) is 3.08. The van der Waals surface area contributed by atoms with Crippen LogP contribution in [0.4, 0.5) is 0 Å². The van der Waals surface area contributed by atoms with Crippen molar-refractivity contribution in [3.8, 4) is 0 Å². The first-order valence-electron chi connectivity index (χ1n) is 6.63. The molecule has 0 aliphatic carbocycles. The number of carbonyl (C=O) groups is 1. The minimum atomic E-state index is -0.0119. The Hall–Kier alpha value is -1.94. The summed E-state index contributed by atoms with van der Waals surface area (Å²) in [6, 6.07) is 12.4. The predicted octanol–water partition coefficient (Wildman–Crippen LogP) is 3.75. The summed E-state index contributed by atoms with van der Waals surface area (Å²) in [5.41, 5.74) is 3.36. The van der Waals surface area contributed by atoms with E-state index in [1.807, 2.05) is 11.4 Å². The first kappa shape index (κ1) is 13.1. The van der Waals surface area contributed by atoms with Gasteiger partial charge in [-0.2, -0.15) is 5.10 Å². The second-order valence-electron chi connectivity index (χ2n) is 5.02. The number of amides is 1. The molecule has 4 heteroatoms. The lowest BCUT2D eigenvalue weighted by Gasteiger charge is -2.20. The van der Waals surface area contributed by atoms with Crippen LogP contribution in [0, 0.1) is 6.92 Å². The molecule has 0 spiro atoms. The Kier molecular flexibility index (Phi) is 3.40. The predicted molar refractivity (Wildman–Crippen MR) is 81.9 cm³/mol. The number of aryl methyl sites for hydroxylation is 1. The van der Waals surface area contributed by atoms with Crippen LogP contribution >= 0.6 is 11.3 Å². The number of nitrogens with zero attached hydrogens (tertiary/aromatic N) is 2. The highest BCUT2D eigenvalue weighted by atomic mass is 32.1. The molecule has 1 amide bonds. The quantitative estimate of drug-likeness (QED) is 0.826. The number of hydrazone groups is 1.